The molecule has 23 heavy (non-hydrogen) atoms. The summed E-state index contributed by atoms with van der Waals surface area (Å²) in [4.78, 5) is 26.1. The number of amides is 1. The van der Waals surface area contributed by atoms with Crippen LogP contribution in [0, 0.1) is 6.92 Å². The first-order chi connectivity index (χ1) is 11.0. The smallest absolute Gasteiger partial charge is 0.334 e. The number of carboxylic acids is 1. The SMILES string of the molecule is Cc1cccc(C2(C(=O)N3CCO[C@H](C(=O)O)C3)CCCC2)c1. The fourth-order valence-corrected chi connectivity index (χ4v) is 3.83. The quantitative estimate of drug-likeness (QED) is 0.927. The molecule has 1 N–H and O–H groups in total. The highest BCUT2D eigenvalue weighted by atomic mass is 16.5. The minimum absolute atomic E-state index is 0.0650. The summed E-state index contributed by atoms with van der Waals surface area (Å²) in [5.74, 6) is -0.936. The summed E-state index contributed by atoms with van der Waals surface area (Å²) < 4.78 is 5.25. The Labute approximate surface area is 136 Å². The first-order valence-corrected chi connectivity index (χ1v) is 8.24. The average Bonchev–Trinajstić information content (AvgIpc) is 3.05. The summed E-state index contributed by atoms with van der Waals surface area (Å²) in [6.07, 6.45) is 2.83. The number of ether oxygens (including phenoxy) is 1. The van der Waals surface area contributed by atoms with Crippen LogP contribution in [0.15, 0.2) is 24.3 Å². The minimum Gasteiger partial charge on any atom is -0.479 e. The van der Waals surface area contributed by atoms with E-state index in [1.54, 1.807) is 4.90 Å². The van der Waals surface area contributed by atoms with Gasteiger partial charge in [-0.05, 0) is 25.3 Å². The second kappa shape index (κ2) is 6.32. The van der Waals surface area contributed by atoms with Gasteiger partial charge in [0.1, 0.15) is 0 Å². The van der Waals surface area contributed by atoms with E-state index >= 15 is 0 Å². The number of carbonyl (C=O) groups excluding carboxylic acids is 1. The standard InChI is InChI=1S/C18H23NO4/c1-13-5-4-6-14(11-13)18(7-2-3-8-18)17(22)19-9-10-23-15(12-19)16(20)21/h4-6,11,15H,2-3,7-10,12H2,1H3,(H,20,21)/t15-/m0/s1. The van der Waals surface area contributed by atoms with Gasteiger partial charge in [-0.3, -0.25) is 4.79 Å². The van der Waals surface area contributed by atoms with Gasteiger partial charge >= 0.3 is 5.97 Å². The number of morpholine rings is 1. The molecule has 124 valence electrons. The molecule has 0 spiro atoms. The number of benzene rings is 1. The van der Waals surface area contributed by atoms with Crippen molar-refractivity contribution in [1.29, 1.82) is 0 Å². The molecule has 1 aromatic rings. The van der Waals surface area contributed by atoms with Crippen molar-refractivity contribution in [2.75, 3.05) is 19.7 Å². The molecule has 1 saturated carbocycles. The van der Waals surface area contributed by atoms with Crippen molar-refractivity contribution in [2.24, 2.45) is 0 Å². The van der Waals surface area contributed by atoms with Crippen molar-refractivity contribution < 1.29 is 19.4 Å². The molecule has 1 heterocycles. The lowest BCUT2D eigenvalue weighted by atomic mass is 9.77. The minimum atomic E-state index is -1.00. The summed E-state index contributed by atoms with van der Waals surface area (Å²) in [5.41, 5.74) is 1.72. The number of carboxylic acid groups (broad SMARTS) is 1. The Morgan fingerprint density at radius 2 is 2.04 bits per heavy atom. The molecule has 1 aliphatic heterocycles. The van der Waals surface area contributed by atoms with Gasteiger partial charge in [-0.25, -0.2) is 4.79 Å². The van der Waals surface area contributed by atoms with Gasteiger partial charge in [0.15, 0.2) is 6.10 Å². The van der Waals surface area contributed by atoms with Crippen LogP contribution in [0.25, 0.3) is 0 Å². The fraction of sp³-hybridized carbons (Fsp3) is 0.556. The molecular weight excluding hydrogens is 294 g/mol. The van der Waals surface area contributed by atoms with Crippen molar-refractivity contribution in [3.8, 4) is 0 Å². The molecule has 0 aromatic heterocycles. The topological polar surface area (TPSA) is 66.8 Å². The summed E-state index contributed by atoms with van der Waals surface area (Å²) >= 11 is 0. The van der Waals surface area contributed by atoms with Crippen LogP contribution in [0.2, 0.25) is 0 Å². The first-order valence-electron chi connectivity index (χ1n) is 8.24. The van der Waals surface area contributed by atoms with Crippen LogP contribution in [-0.2, 0) is 19.7 Å². The lowest BCUT2D eigenvalue weighted by Gasteiger charge is -2.38. The second-order valence-corrected chi connectivity index (χ2v) is 6.61. The van der Waals surface area contributed by atoms with Crippen LogP contribution in [0.3, 0.4) is 0 Å². The molecule has 5 heteroatoms. The highest BCUT2D eigenvalue weighted by Gasteiger charge is 2.46. The van der Waals surface area contributed by atoms with Gasteiger partial charge in [0.25, 0.3) is 0 Å². The van der Waals surface area contributed by atoms with E-state index in [2.05, 4.69) is 6.07 Å². The van der Waals surface area contributed by atoms with Gasteiger partial charge in [0.05, 0.1) is 18.6 Å². The second-order valence-electron chi connectivity index (χ2n) is 6.61. The molecular formula is C18H23NO4. The van der Waals surface area contributed by atoms with Gasteiger partial charge in [0.2, 0.25) is 5.91 Å². The van der Waals surface area contributed by atoms with Crippen molar-refractivity contribution in [3.05, 3.63) is 35.4 Å². The monoisotopic (exact) mass is 317 g/mol. The highest BCUT2D eigenvalue weighted by molar-refractivity contribution is 5.89. The summed E-state index contributed by atoms with van der Waals surface area (Å²) in [6.45, 7) is 2.93. The molecule has 2 fully saturated rings. The fourth-order valence-electron chi connectivity index (χ4n) is 3.83. The van der Waals surface area contributed by atoms with Gasteiger partial charge < -0.3 is 14.7 Å². The maximum absolute atomic E-state index is 13.3. The largest absolute Gasteiger partial charge is 0.479 e. The summed E-state index contributed by atoms with van der Waals surface area (Å²) in [5, 5.41) is 9.16. The van der Waals surface area contributed by atoms with Crippen LogP contribution >= 0.6 is 0 Å². The molecule has 5 nitrogen and oxygen atoms in total. The lowest BCUT2D eigenvalue weighted by Crippen LogP contribution is -2.54. The summed E-state index contributed by atoms with van der Waals surface area (Å²) in [6, 6.07) is 8.16. The zero-order valence-corrected chi connectivity index (χ0v) is 13.5. The third-order valence-electron chi connectivity index (χ3n) is 5.07. The molecule has 0 unspecified atom stereocenters. The number of aliphatic carboxylic acids is 1. The van der Waals surface area contributed by atoms with Crippen molar-refractivity contribution in [1.82, 2.24) is 4.90 Å². The van der Waals surface area contributed by atoms with Gasteiger partial charge in [-0.2, -0.15) is 0 Å². The number of carbonyl (C=O) groups is 2. The van der Waals surface area contributed by atoms with E-state index < -0.39 is 17.5 Å². The number of hydrogen-bond acceptors (Lipinski definition) is 3. The number of aryl methyl sites for hydroxylation is 1. The van der Waals surface area contributed by atoms with Crippen molar-refractivity contribution in [2.45, 2.75) is 44.1 Å². The average molecular weight is 317 g/mol. The third kappa shape index (κ3) is 2.98. The Kier molecular flexibility index (Phi) is 4.39. The van der Waals surface area contributed by atoms with E-state index in [9.17, 15) is 9.59 Å². The molecule has 1 aromatic carbocycles. The third-order valence-corrected chi connectivity index (χ3v) is 5.07. The zero-order chi connectivity index (χ0) is 16.4. The van der Waals surface area contributed by atoms with Crippen LogP contribution in [0.1, 0.15) is 36.8 Å². The number of nitrogens with zero attached hydrogens (tertiary/aromatic N) is 1. The summed E-state index contributed by atoms with van der Waals surface area (Å²) in [7, 11) is 0. The van der Waals surface area contributed by atoms with Crippen LogP contribution in [0.4, 0.5) is 0 Å². The van der Waals surface area contributed by atoms with Gasteiger partial charge in [-0.15, -0.1) is 0 Å². The Balaban J connectivity index is 1.89. The molecule has 3 rings (SSSR count). The van der Waals surface area contributed by atoms with E-state index in [0.29, 0.717) is 6.54 Å². The van der Waals surface area contributed by atoms with Gasteiger partial charge in [-0.1, -0.05) is 42.7 Å². The Morgan fingerprint density at radius 1 is 1.30 bits per heavy atom. The van der Waals surface area contributed by atoms with E-state index in [4.69, 9.17) is 9.84 Å². The van der Waals surface area contributed by atoms with Crippen LogP contribution in [-0.4, -0.2) is 47.7 Å². The van der Waals surface area contributed by atoms with E-state index in [-0.39, 0.29) is 19.1 Å². The van der Waals surface area contributed by atoms with Crippen molar-refractivity contribution in [3.63, 3.8) is 0 Å². The first kappa shape index (κ1) is 16.0. The molecule has 1 saturated heterocycles. The highest BCUT2D eigenvalue weighted by Crippen LogP contribution is 2.43. The molecule has 1 aliphatic carbocycles. The molecule has 2 aliphatic rings. The van der Waals surface area contributed by atoms with Crippen LogP contribution < -0.4 is 0 Å². The van der Waals surface area contributed by atoms with E-state index in [1.165, 1.54) is 0 Å². The van der Waals surface area contributed by atoms with Crippen LogP contribution in [0.5, 0.6) is 0 Å². The predicted molar refractivity (Wildman–Crippen MR) is 85.3 cm³/mol. The zero-order valence-electron chi connectivity index (χ0n) is 13.5. The van der Waals surface area contributed by atoms with E-state index in [1.807, 2.05) is 25.1 Å². The van der Waals surface area contributed by atoms with Crippen molar-refractivity contribution >= 4 is 11.9 Å². The van der Waals surface area contributed by atoms with Gasteiger partial charge in [0, 0.05) is 6.54 Å². The molecule has 1 amide bonds. The lowest BCUT2D eigenvalue weighted by molar-refractivity contribution is -0.161. The molecule has 1 atom stereocenters. The normalized spacial score (nSPS) is 23.7. The van der Waals surface area contributed by atoms with E-state index in [0.717, 1.165) is 36.8 Å². The predicted octanol–water partition coefficient (Wildman–Crippen LogP) is 2.12. The molecule has 0 bridgehead atoms. The Morgan fingerprint density at radius 3 is 2.70 bits per heavy atom. The maximum atomic E-state index is 13.3. The Bertz CT molecular complexity index is 607. The Hall–Kier alpha value is -1.88. The number of hydrogen-bond donors (Lipinski definition) is 1. The maximum Gasteiger partial charge on any atom is 0.334 e. The molecule has 0 radical (unpaired) electrons. The number of rotatable bonds is 3.